The molecule has 0 aliphatic carbocycles. The molecule has 8 heteroatoms. The first kappa shape index (κ1) is 18.1. The summed E-state index contributed by atoms with van der Waals surface area (Å²) in [6, 6.07) is 9.49. The molecule has 29 heavy (non-hydrogen) atoms. The van der Waals surface area contributed by atoms with E-state index >= 15 is 0 Å². The third-order valence-corrected chi connectivity index (χ3v) is 6.41. The molecule has 148 valence electrons. The first-order chi connectivity index (χ1) is 14.2. The van der Waals surface area contributed by atoms with Gasteiger partial charge in [-0.05, 0) is 36.1 Å². The molecule has 0 bridgehead atoms. The van der Waals surface area contributed by atoms with Crippen molar-refractivity contribution in [1.82, 2.24) is 14.9 Å². The summed E-state index contributed by atoms with van der Waals surface area (Å²) < 4.78 is 0. The molecular weight excluding hydrogens is 386 g/mol. The van der Waals surface area contributed by atoms with Crippen LogP contribution >= 0.6 is 11.3 Å². The lowest BCUT2D eigenvalue weighted by atomic mass is 10.1. The van der Waals surface area contributed by atoms with Gasteiger partial charge in [-0.1, -0.05) is 6.07 Å². The number of carbonyl (C=O) groups excluding carboxylic acids is 2. The Morgan fingerprint density at radius 2 is 1.90 bits per heavy atom. The van der Waals surface area contributed by atoms with E-state index in [2.05, 4.69) is 20.9 Å². The van der Waals surface area contributed by atoms with Crippen LogP contribution in [0.15, 0.2) is 42.0 Å². The van der Waals surface area contributed by atoms with Crippen molar-refractivity contribution < 1.29 is 9.59 Å². The summed E-state index contributed by atoms with van der Waals surface area (Å²) in [6.07, 6.45) is 3.07. The fraction of sp³-hybridized carbons (Fsp3) is 0.333. The van der Waals surface area contributed by atoms with Gasteiger partial charge in [0.25, 0.3) is 5.91 Å². The average Bonchev–Trinajstić information content (AvgIpc) is 3.42. The SMILES string of the molecule is O=C(c1cccc(N2CCCC2=O)c1)N1CCN(c2ncnc3sccc23)CC1. The molecular formula is C21H21N5O2S. The standard InChI is InChI=1S/C21H21N5O2S/c27-18-5-2-7-26(18)16-4-1-3-15(13-16)21(28)25-10-8-24(9-11-25)19-17-6-12-29-20(17)23-14-22-19/h1,3-4,6,12-14H,2,5,7-11H2. The van der Waals surface area contributed by atoms with E-state index in [1.807, 2.05) is 34.5 Å². The van der Waals surface area contributed by atoms with E-state index in [0.717, 1.165) is 47.8 Å². The summed E-state index contributed by atoms with van der Waals surface area (Å²) in [5.41, 5.74) is 1.45. The number of hydrogen-bond acceptors (Lipinski definition) is 6. The molecule has 2 saturated heterocycles. The molecule has 0 atom stereocenters. The number of amides is 2. The van der Waals surface area contributed by atoms with Crippen LogP contribution in [0.1, 0.15) is 23.2 Å². The second kappa shape index (κ2) is 7.44. The summed E-state index contributed by atoms with van der Waals surface area (Å²) in [6.45, 7) is 3.48. The van der Waals surface area contributed by atoms with Gasteiger partial charge in [-0.25, -0.2) is 9.97 Å². The van der Waals surface area contributed by atoms with Crippen LogP contribution in [0, 0.1) is 0 Å². The van der Waals surface area contributed by atoms with Crippen molar-refractivity contribution in [2.45, 2.75) is 12.8 Å². The Morgan fingerprint density at radius 1 is 1.03 bits per heavy atom. The molecule has 7 nitrogen and oxygen atoms in total. The zero-order valence-electron chi connectivity index (χ0n) is 16.0. The van der Waals surface area contributed by atoms with Gasteiger partial charge in [-0.3, -0.25) is 9.59 Å². The first-order valence-electron chi connectivity index (χ1n) is 9.83. The predicted molar refractivity (Wildman–Crippen MR) is 114 cm³/mol. The van der Waals surface area contributed by atoms with Crippen molar-refractivity contribution in [3.63, 3.8) is 0 Å². The smallest absolute Gasteiger partial charge is 0.254 e. The number of thiophene rings is 1. The van der Waals surface area contributed by atoms with Gasteiger partial charge >= 0.3 is 0 Å². The van der Waals surface area contributed by atoms with Gasteiger partial charge in [0.1, 0.15) is 17.0 Å². The molecule has 3 aromatic rings. The predicted octanol–water partition coefficient (Wildman–Crippen LogP) is 2.78. The molecule has 0 radical (unpaired) electrons. The van der Waals surface area contributed by atoms with Crippen molar-refractivity contribution in [1.29, 1.82) is 0 Å². The van der Waals surface area contributed by atoms with Gasteiger partial charge in [0.2, 0.25) is 5.91 Å². The van der Waals surface area contributed by atoms with Gasteiger partial charge in [0.05, 0.1) is 5.39 Å². The van der Waals surface area contributed by atoms with Gasteiger partial charge in [0, 0.05) is 50.4 Å². The molecule has 2 aliphatic heterocycles. The highest BCUT2D eigenvalue weighted by molar-refractivity contribution is 7.16. The monoisotopic (exact) mass is 407 g/mol. The lowest BCUT2D eigenvalue weighted by molar-refractivity contribution is -0.117. The molecule has 2 fully saturated rings. The summed E-state index contributed by atoms with van der Waals surface area (Å²) in [5.74, 6) is 1.09. The molecule has 2 aliphatic rings. The largest absolute Gasteiger partial charge is 0.352 e. The Labute approximate surface area is 172 Å². The van der Waals surface area contributed by atoms with Crippen LogP contribution in [0.5, 0.6) is 0 Å². The van der Waals surface area contributed by atoms with Crippen molar-refractivity contribution in [2.24, 2.45) is 0 Å². The number of anilines is 2. The fourth-order valence-corrected chi connectivity index (χ4v) is 4.79. The molecule has 0 spiro atoms. The van der Waals surface area contributed by atoms with Crippen LogP contribution in [-0.2, 0) is 4.79 Å². The molecule has 0 saturated carbocycles. The molecule has 2 amide bonds. The Kier molecular flexibility index (Phi) is 4.63. The molecule has 0 unspecified atom stereocenters. The second-order valence-electron chi connectivity index (χ2n) is 7.32. The van der Waals surface area contributed by atoms with Crippen LogP contribution in [0.2, 0.25) is 0 Å². The molecule has 5 rings (SSSR count). The minimum absolute atomic E-state index is 0.0153. The van der Waals surface area contributed by atoms with Crippen LogP contribution in [-0.4, -0.2) is 59.4 Å². The topological polar surface area (TPSA) is 69.6 Å². The average molecular weight is 407 g/mol. The Balaban J connectivity index is 1.29. The van der Waals surface area contributed by atoms with Gasteiger partial charge in [-0.2, -0.15) is 0 Å². The third-order valence-electron chi connectivity index (χ3n) is 5.59. The number of hydrogen-bond donors (Lipinski definition) is 0. The normalized spacial score (nSPS) is 17.4. The highest BCUT2D eigenvalue weighted by atomic mass is 32.1. The van der Waals surface area contributed by atoms with E-state index in [0.29, 0.717) is 25.1 Å². The number of piperazine rings is 1. The number of carbonyl (C=O) groups is 2. The van der Waals surface area contributed by atoms with E-state index in [-0.39, 0.29) is 11.8 Å². The van der Waals surface area contributed by atoms with E-state index in [4.69, 9.17) is 0 Å². The Hall–Kier alpha value is -3.00. The Bertz CT molecular complexity index is 1070. The lowest BCUT2D eigenvalue weighted by Crippen LogP contribution is -2.49. The van der Waals surface area contributed by atoms with Gasteiger partial charge in [0.15, 0.2) is 0 Å². The zero-order chi connectivity index (χ0) is 19.8. The summed E-state index contributed by atoms with van der Waals surface area (Å²) in [4.78, 5) is 40.7. The van der Waals surface area contributed by atoms with Crippen molar-refractivity contribution in [2.75, 3.05) is 42.5 Å². The van der Waals surface area contributed by atoms with E-state index in [1.54, 1.807) is 22.6 Å². The van der Waals surface area contributed by atoms with Gasteiger partial charge in [-0.15, -0.1) is 11.3 Å². The van der Waals surface area contributed by atoms with E-state index < -0.39 is 0 Å². The molecule has 0 N–H and O–H groups in total. The summed E-state index contributed by atoms with van der Waals surface area (Å²) in [5, 5.41) is 3.10. The maximum atomic E-state index is 13.0. The maximum absolute atomic E-state index is 13.0. The molecule has 1 aromatic carbocycles. The van der Waals surface area contributed by atoms with Crippen molar-refractivity contribution in [3.8, 4) is 0 Å². The fourth-order valence-electron chi connectivity index (χ4n) is 4.06. The Morgan fingerprint density at radius 3 is 2.69 bits per heavy atom. The van der Waals surface area contributed by atoms with Crippen LogP contribution in [0.3, 0.4) is 0 Å². The number of aromatic nitrogens is 2. The van der Waals surface area contributed by atoms with Crippen molar-refractivity contribution >= 4 is 44.9 Å². The highest BCUT2D eigenvalue weighted by Crippen LogP contribution is 2.28. The van der Waals surface area contributed by atoms with Crippen molar-refractivity contribution in [3.05, 3.63) is 47.6 Å². The lowest BCUT2D eigenvalue weighted by Gasteiger charge is -2.35. The van der Waals surface area contributed by atoms with E-state index in [1.165, 1.54) is 0 Å². The molecule has 2 aromatic heterocycles. The number of rotatable bonds is 3. The maximum Gasteiger partial charge on any atom is 0.254 e. The highest BCUT2D eigenvalue weighted by Gasteiger charge is 2.26. The van der Waals surface area contributed by atoms with E-state index in [9.17, 15) is 9.59 Å². The minimum atomic E-state index is 0.0153. The van der Waals surface area contributed by atoms with Crippen LogP contribution in [0.25, 0.3) is 10.2 Å². The second-order valence-corrected chi connectivity index (χ2v) is 8.21. The quantitative estimate of drug-likeness (QED) is 0.668. The summed E-state index contributed by atoms with van der Waals surface area (Å²) in [7, 11) is 0. The zero-order valence-corrected chi connectivity index (χ0v) is 16.8. The van der Waals surface area contributed by atoms with Crippen LogP contribution in [0.4, 0.5) is 11.5 Å². The van der Waals surface area contributed by atoms with Gasteiger partial charge < -0.3 is 14.7 Å². The van der Waals surface area contributed by atoms with Crippen LogP contribution < -0.4 is 9.80 Å². The third kappa shape index (κ3) is 3.33. The number of nitrogens with zero attached hydrogens (tertiary/aromatic N) is 5. The summed E-state index contributed by atoms with van der Waals surface area (Å²) >= 11 is 1.61. The minimum Gasteiger partial charge on any atom is -0.352 e. The number of fused-ring (bicyclic) bond motifs is 1. The molecule has 4 heterocycles. The number of benzene rings is 1. The first-order valence-corrected chi connectivity index (χ1v) is 10.7.